The molecule has 0 bridgehead atoms. The smallest absolute Gasteiger partial charge is 0.317 e. The van der Waals surface area contributed by atoms with Crippen molar-refractivity contribution in [3.63, 3.8) is 0 Å². The first-order valence-corrected chi connectivity index (χ1v) is 7.11. The summed E-state index contributed by atoms with van der Waals surface area (Å²) in [5, 5.41) is 13.4. The molecule has 1 saturated carbocycles. The third-order valence-electron chi connectivity index (χ3n) is 4.07. The lowest BCUT2D eigenvalue weighted by molar-refractivity contribution is -0.139. The van der Waals surface area contributed by atoms with Gasteiger partial charge in [0.2, 0.25) is 0 Å². The maximum Gasteiger partial charge on any atom is 0.317 e. The van der Waals surface area contributed by atoms with E-state index in [2.05, 4.69) is 16.9 Å². The molecule has 0 radical (unpaired) electrons. The van der Waals surface area contributed by atoms with Crippen molar-refractivity contribution in [1.29, 1.82) is 0 Å². The standard InChI is InChI=1S/C14H23N3O2/c1-3-16-9-12(8-15-16)11(2)17(10-14(18)19)13-6-4-5-7-13/h8-9,11,13H,3-7,10H2,1-2H3,(H,18,19). The van der Waals surface area contributed by atoms with E-state index in [9.17, 15) is 4.79 Å². The van der Waals surface area contributed by atoms with Gasteiger partial charge in [-0.15, -0.1) is 0 Å². The van der Waals surface area contributed by atoms with E-state index in [0.717, 1.165) is 24.9 Å². The van der Waals surface area contributed by atoms with Crippen molar-refractivity contribution < 1.29 is 9.90 Å². The fraction of sp³-hybridized carbons (Fsp3) is 0.714. The Balaban J connectivity index is 2.13. The number of aryl methyl sites for hydroxylation is 1. The van der Waals surface area contributed by atoms with Crippen LogP contribution in [0.15, 0.2) is 12.4 Å². The second-order valence-electron chi connectivity index (χ2n) is 5.31. The lowest BCUT2D eigenvalue weighted by atomic mass is 10.1. The van der Waals surface area contributed by atoms with Crippen LogP contribution in [0.3, 0.4) is 0 Å². The molecule has 1 aliphatic rings. The predicted molar refractivity (Wildman–Crippen MR) is 72.9 cm³/mol. The summed E-state index contributed by atoms with van der Waals surface area (Å²) in [5.41, 5.74) is 1.11. The number of nitrogens with zero attached hydrogens (tertiary/aromatic N) is 3. The van der Waals surface area contributed by atoms with Gasteiger partial charge in [0.15, 0.2) is 0 Å². The summed E-state index contributed by atoms with van der Waals surface area (Å²) in [5.74, 6) is -0.748. The molecule has 0 amide bonds. The molecule has 0 aromatic carbocycles. The van der Waals surface area contributed by atoms with Crippen LogP contribution in [-0.4, -0.2) is 38.3 Å². The Hall–Kier alpha value is -1.36. The van der Waals surface area contributed by atoms with Crippen molar-refractivity contribution in [3.8, 4) is 0 Å². The molecule has 1 atom stereocenters. The summed E-state index contributed by atoms with van der Waals surface area (Å²) in [6, 6.07) is 0.510. The minimum absolute atomic E-state index is 0.111. The first kappa shape index (κ1) is 14.1. The Morgan fingerprint density at radius 2 is 2.26 bits per heavy atom. The summed E-state index contributed by atoms with van der Waals surface area (Å²) in [7, 11) is 0. The zero-order valence-electron chi connectivity index (χ0n) is 11.7. The van der Waals surface area contributed by atoms with Gasteiger partial charge in [0.25, 0.3) is 0 Å². The molecular formula is C14H23N3O2. The molecular weight excluding hydrogens is 242 g/mol. The molecule has 0 aliphatic heterocycles. The zero-order valence-corrected chi connectivity index (χ0v) is 11.7. The Morgan fingerprint density at radius 3 is 2.79 bits per heavy atom. The second-order valence-corrected chi connectivity index (χ2v) is 5.31. The highest BCUT2D eigenvalue weighted by molar-refractivity contribution is 5.69. The molecule has 1 heterocycles. The van der Waals surface area contributed by atoms with Gasteiger partial charge in [-0.25, -0.2) is 0 Å². The summed E-state index contributed by atoms with van der Waals surface area (Å²) in [6.45, 7) is 5.09. The van der Waals surface area contributed by atoms with E-state index in [0.29, 0.717) is 6.04 Å². The Labute approximate surface area is 114 Å². The van der Waals surface area contributed by atoms with Crippen molar-refractivity contribution in [2.75, 3.05) is 6.54 Å². The van der Waals surface area contributed by atoms with Gasteiger partial charge in [0.1, 0.15) is 0 Å². The van der Waals surface area contributed by atoms with E-state index in [-0.39, 0.29) is 12.6 Å². The average molecular weight is 265 g/mol. The Morgan fingerprint density at radius 1 is 1.58 bits per heavy atom. The maximum absolute atomic E-state index is 11.1. The molecule has 0 spiro atoms. The number of hydrogen-bond acceptors (Lipinski definition) is 3. The molecule has 2 rings (SSSR count). The van der Waals surface area contributed by atoms with Gasteiger partial charge < -0.3 is 5.11 Å². The molecule has 1 aromatic rings. The topological polar surface area (TPSA) is 58.4 Å². The quantitative estimate of drug-likeness (QED) is 0.857. The van der Waals surface area contributed by atoms with Crippen molar-refractivity contribution in [2.24, 2.45) is 0 Å². The lowest BCUT2D eigenvalue weighted by Crippen LogP contribution is -2.39. The zero-order chi connectivity index (χ0) is 13.8. The van der Waals surface area contributed by atoms with Crippen LogP contribution in [0, 0.1) is 0 Å². The van der Waals surface area contributed by atoms with E-state index in [1.807, 2.05) is 24.0 Å². The van der Waals surface area contributed by atoms with Crippen LogP contribution in [0.4, 0.5) is 0 Å². The van der Waals surface area contributed by atoms with Crippen LogP contribution >= 0.6 is 0 Å². The number of carboxylic acids is 1. The van der Waals surface area contributed by atoms with Crippen molar-refractivity contribution in [2.45, 2.75) is 58.2 Å². The largest absolute Gasteiger partial charge is 0.480 e. The van der Waals surface area contributed by atoms with E-state index in [1.165, 1.54) is 12.8 Å². The van der Waals surface area contributed by atoms with E-state index in [1.54, 1.807) is 0 Å². The molecule has 19 heavy (non-hydrogen) atoms. The number of aromatic nitrogens is 2. The SMILES string of the molecule is CCn1cc(C(C)N(CC(=O)O)C2CCCC2)cn1. The molecule has 106 valence electrons. The minimum atomic E-state index is -0.748. The molecule has 1 aromatic heterocycles. The van der Waals surface area contributed by atoms with Crippen molar-refractivity contribution in [1.82, 2.24) is 14.7 Å². The molecule has 0 saturated heterocycles. The van der Waals surface area contributed by atoms with Crippen LogP contribution < -0.4 is 0 Å². The van der Waals surface area contributed by atoms with Gasteiger partial charge in [-0.1, -0.05) is 12.8 Å². The number of hydrogen-bond donors (Lipinski definition) is 1. The third kappa shape index (κ3) is 3.35. The molecule has 1 fully saturated rings. The molecule has 1 N–H and O–H groups in total. The summed E-state index contributed by atoms with van der Waals surface area (Å²) >= 11 is 0. The molecule has 5 heteroatoms. The Kier molecular flexibility index (Phi) is 4.58. The lowest BCUT2D eigenvalue weighted by Gasteiger charge is -2.32. The fourth-order valence-electron chi connectivity index (χ4n) is 2.93. The van der Waals surface area contributed by atoms with Gasteiger partial charge in [-0.3, -0.25) is 14.4 Å². The van der Waals surface area contributed by atoms with Crippen molar-refractivity contribution in [3.05, 3.63) is 18.0 Å². The average Bonchev–Trinajstić information content (AvgIpc) is 3.05. The number of aliphatic carboxylic acids is 1. The van der Waals surface area contributed by atoms with E-state index >= 15 is 0 Å². The Bertz CT molecular complexity index is 424. The highest BCUT2D eigenvalue weighted by Crippen LogP contribution is 2.30. The predicted octanol–water partition coefficient (Wildman–Crippen LogP) is 2.29. The van der Waals surface area contributed by atoms with Gasteiger partial charge in [-0.05, 0) is 26.7 Å². The summed E-state index contributed by atoms with van der Waals surface area (Å²) in [6.07, 6.45) is 8.52. The fourth-order valence-corrected chi connectivity index (χ4v) is 2.93. The number of rotatable bonds is 6. The highest BCUT2D eigenvalue weighted by Gasteiger charge is 2.29. The molecule has 1 unspecified atom stereocenters. The third-order valence-corrected chi connectivity index (χ3v) is 4.07. The van der Waals surface area contributed by atoms with Crippen LogP contribution in [-0.2, 0) is 11.3 Å². The van der Waals surface area contributed by atoms with Crippen molar-refractivity contribution >= 4 is 5.97 Å². The first-order valence-electron chi connectivity index (χ1n) is 7.11. The summed E-state index contributed by atoms with van der Waals surface area (Å²) in [4.78, 5) is 13.2. The first-order chi connectivity index (χ1) is 9.11. The van der Waals surface area contributed by atoms with Crippen LogP contribution in [0.2, 0.25) is 0 Å². The maximum atomic E-state index is 11.1. The van der Waals surface area contributed by atoms with Gasteiger partial charge in [0.05, 0.1) is 12.7 Å². The van der Waals surface area contributed by atoms with Gasteiger partial charge in [0, 0.05) is 30.4 Å². The van der Waals surface area contributed by atoms with Crippen LogP contribution in [0.1, 0.15) is 51.1 Å². The van der Waals surface area contributed by atoms with Crippen LogP contribution in [0.25, 0.3) is 0 Å². The van der Waals surface area contributed by atoms with Crippen LogP contribution in [0.5, 0.6) is 0 Å². The van der Waals surface area contributed by atoms with E-state index < -0.39 is 5.97 Å². The molecule has 5 nitrogen and oxygen atoms in total. The van der Waals surface area contributed by atoms with E-state index in [4.69, 9.17) is 5.11 Å². The van der Waals surface area contributed by atoms with Gasteiger partial charge in [-0.2, -0.15) is 5.10 Å². The second kappa shape index (κ2) is 6.19. The monoisotopic (exact) mass is 265 g/mol. The minimum Gasteiger partial charge on any atom is -0.480 e. The highest BCUT2D eigenvalue weighted by atomic mass is 16.4. The summed E-state index contributed by atoms with van der Waals surface area (Å²) < 4.78 is 1.89. The number of carbonyl (C=O) groups is 1. The normalized spacial score (nSPS) is 18.1. The number of carboxylic acid groups (broad SMARTS) is 1. The van der Waals surface area contributed by atoms with Gasteiger partial charge >= 0.3 is 5.97 Å². The molecule has 1 aliphatic carbocycles.